The molecule has 12 heteroatoms. The number of carbonyl (C=O) groups is 1. The van der Waals surface area contributed by atoms with Gasteiger partial charge in [0.25, 0.3) is 5.69 Å². The van der Waals surface area contributed by atoms with Gasteiger partial charge in [0.2, 0.25) is 11.7 Å². The summed E-state index contributed by atoms with van der Waals surface area (Å²) in [5, 5.41) is 38.7. The minimum Gasteiger partial charge on any atom is -0.490 e. The molecule has 4 aliphatic rings. The molecule has 2 fully saturated rings. The molecule has 0 bridgehead atoms. The molecule has 0 spiro atoms. The lowest BCUT2D eigenvalue weighted by Gasteiger charge is -2.60. The highest BCUT2D eigenvalue weighted by molar-refractivity contribution is 6.03. The van der Waals surface area contributed by atoms with Crippen LogP contribution >= 0.6 is 0 Å². The average Bonchev–Trinajstić information content (AvgIpc) is 3.89. The third kappa shape index (κ3) is 10.7. The number of amides is 1. The predicted molar refractivity (Wildman–Crippen MR) is 264 cm³/mol. The normalized spacial score (nSPS) is 23.5. The summed E-state index contributed by atoms with van der Waals surface area (Å²) >= 11 is 0. The Labute approximate surface area is 400 Å². The summed E-state index contributed by atoms with van der Waals surface area (Å²) in [5.74, 6) is -0.176. The Kier molecular flexibility index (Phi) is 16.4. The minimum atomic E-state index is -1.42. The number of hydrogen-bond acceptors (Lipinski definition) is 10. The Morgan fingerprint density at radius 3 is 2.41 bits per heavy atom. The van der Waals surface area contributed by atoms with Crippen molar-refractivity contribution in [2.75, 3.05) is 26.4 Å². The number of nitrogens with zero attached hydrogens (tertiary/aromatic N) is 3. The predicted octanol–water partition coefficient (Wildman–Crippen LogP) is 11.1. The van der Waals surface area contributed by atoms with Gasteiger partial charge in [-0.25, -0.2) is 0 Å². The van der Waals surface area contributed by atoms with E-state index < -0.39 is 22.7 Å². The maximum absolute atomic E-state index is 15.5. The lowest BCUT2D eigenvalue weighted by Crippen LogP contribution is -2.70. The van der Waals surface area contributed by atoms with Gasteiger partial charge in [-0.1, -0.05) is 111 Å². The van der Waals surface area contributed by atoms with Crippen LogP contribution in [0.4, 0.5) is 5.69 Å². The second-order valence-electron chi connectivity index (χ2n) is 18.9. The summed E-state index contributed by atoms with van der Waals surface area (Å²) < 4.78 is 21.0. The number of carbonyl (C=O) groups excluding carboxylic acids is 1. The lowest BCUT2D eigenvalue weighted by molar-refractivity contribution is -0.384. The molecule has 8 rings (SSSR count). The summed E-state index contributed by atoms with van der Waals surface area (Å²) in [6, 6.07) is 26.1. The molecule has 0 radical (unpaired) electrons. The highest BCUT2D eigenvalue weighted by atomic mass is 16.7. The minimum absolute atomic E-state index is 0.00949. The van der Waals surface area contributed by atoms with Gasteiger partial charge in [-0.3, -0.25) is 14.9 Å². The van der Waals surface area contributed by atoms with Gasteiger partial charge < -0.3 is 34.2 Å². The summed E-state index contributed by atoms with van der Waals surface area (Å²) in [6.07, 6.45) is 16.4. The monoisotopic (exact) mass is 925 g/mol. The number of aliphatic hydroxyl groups is 2. The first-order valence-electron chi connectivity index (χ1n) is 24.7. The number of unbranched alkanes of at least 4 members (excludes halogenated alkanes) is 2. The number of non-ortho nitro benzene ring substituents is 1. The van der Waals surface area contributed by atoms with E-state index >= 15 is 4.79 Å². The fraction of sp³-hybridized carbons (Fsp3) is 0.464. The third-order valence-corrected chi connectivity index (χ3v) is 14.7. The van der Waals surface area contributed by atoms with Gasteiger partial charge in [-0.15, -0.1) is 6.58 Å². The zero-order valence-electron chi connectivity index (χ0n) is 39.2. The maximum Gasteiger partial charge on any atom is 0.269 e. The van der Waals surface area contributed by atoms with E-state index in [1.807, 2.05) is 35.2 Å². The molecule has 12 nitrogen and oxygen atoms in total. The van der Waals surface area contributed by atoms with E-state index in [0.29, 0.717) is 55.5 Å². The molecule has 4 aromatic rings. The van der Waals surface area contributed by atoms with Gasteiger partial charge >= 0.3 is 0 Å². The molecule has 2 saturated carbocycles. The molecule has 68 heavy (non-hydrogen) atoms. The van der Waals surface area contributed by atoms with Crippen LogP contribution in [-0.2, 0) is 27.5 Å². The van der Waals surface area contributed by atoms with Crippen molar-refractivity contribution in [3.8, 4) is 11.5 Å². The third-order valence-electron chi connectivity index (χ3n) is 14.7. The molecule has 4 aromatic carbocycles. The van der Waals surface area contributed by atoms with Crippen molar-refractivity contribution in [2.24, 2.45) is 28.8 Å². The number of nitro benzene ring substituents is 1. The lowest BCUT2D eigenvalue weighted by atomic mass is 9.55. The molecule has 360 valence electrons. The Bertz CT molecular complexity index is 2440. The molecule has 0 unspecified atom stereocenters. The Hall–Kier alpha value is -5.82. The van der Waals surface area contributed by atoms with E-state index in [9.17, 15) is 20.3 Å². The zero-order valence-corrected chi connectivity index (χ0v) is 39.2. The van der Waals surface area contributed by atoms with E-state index in [4.69, 9.17) is 24.2 Å². The van der Waals surface area contributed by atoms with Crippen molar-refractivity contribution in [3.05, 3.63) is 149 Å². The fourth-order valence-electron chi connectivity index (χ4n) is 11.5. The number of allylic oxidation sites excluding steroid dienone is 1. The van der Waals surface area contributed by atoms with Crippen molar-refractivity contribution in [1.29, 1.82) is 0 Å². The standard InChI is InChI=1S/C56H67N3O9/c1-3-32-65-45-27-28-51-49(35-45)54-47(21-10-12-31-61)42(17-9-11-30-60)34-48-50(57-67-38-40-22-25-44(26-23-40)59(63)64)36-52(56(68-51,55(48)54)66-33-4-2)58(53(62)29-24-39-14-5-6-15-39)37-43-19-13-18-41-16-7-8-20-46(41)43/h3-4,7-8,13,16,18-20,22-23,25-28,34-35,39,42,47,52,54-55,60-61H,1-2,5-6,9-12,14-15,17,21,24,29-33,36-38H2/t42-,47+,52-,54+,55+,56+/m0/s1. The van der Waals surface area contributed by atoms with Gasteiger partial charge in [0.1, 0.15) is 30.8 Å². The second-order valence-corrected chi connectivity index (χ2v) is 18.9. The topological polar surface area (TPSA) is 153 Å². The first-order valence-corrected chi connectivity index (χ1v) is 24.7. The molecular weight excluding hydrogens is 859 g/mol. The molecule has 1 amide bonds. The van der Waals surface area contributed by atoms with E-state index in [2.05, 4.69) is 49.6 Å². The number of aliphatic hydroxyl groups excluding tert-OH is 2. The van der Waals surface area contributed by atoms with E-state index in [-0.39, 0.29) is 62.2 Å². The Balaban J connectivity index is 1.33. The van der Waals surface area contributed by atoms with Gasteiger partial charge in [0.05, 0.1) is 23.2 Å². The second kappa shape index (κ2) is 23.0. The largest absolute Gasteiger partial charge is 0.490 e. The van der Waals surface area contributed by atoms with Gasteiger partial charge in [0.15, 0.2) is 0 Å². The number of fused-ring (bicyclic) bond motifs is 3. The van der Waals surface area contributed by atoms with Crippen molar-refractivity contribution in [3.63, 3.8) is 0 Å². The summed E-state index contributed by atoms with van der Waals surface area (Å²) in [5.41, 5.74) is 4.31. The summed E-state index contributed by atoms with van der Waals surface area (Å²) in [4.78, 5) is 34.8. The first kappa shape index (κ1) is 48.6. The zero-order chi connectivity index (χ0) is 47.5. The van der Waals surface area contributed by atoms with Crippen LogP contribution in [0.3, 0.4) is 0 Å². The van der Waals surface area contributed by atoms with Crippen LogP contribution in [0.25, 0.3) is 10.8 Å². The highest BCUT2D eigenvalue weighted by Crippen LogP contribution is 2.62. The molecule has 2 N–H and O–H groups in total. The van der Waals surface area contributed by atoms with E-state index in [1.165, 1.54) is 25.0 Å². The van der Waals surface area contributed by atoms with Crippen molar-refractivity contribution in [1.82, 2.24) is 4.90 Å². The average molecular weight is 926 g/mol. The SMILES string of the molecule is C=CCOc1ccc2c(c1)[C@H]1[C@H](CCCCO)[C@@H](CCCCO)C=C3C(=NOCc4ccc([N+](=O)[O-])cc4)C[C@H](N(Cc4cccc5ccccc45)C(=O)CCC4CCCC4)[C@@](OCC=C)(O2)[C@H]31. The Morgan fingerprint density at radius 1 is 0.912 bits per heavy atom. The maximum atomic E-state index is 15.5. The van der Waals surface area contributed by atoms with Crippen LogP contribution in [0.15, 0.2) is 127 Å². The number of benzene rings is 4. The molecule has 0 saturated heterocycles. The fourth-order valence-corrected chi connectivity index (χ4v) is 11.5. The molecule has 0 aromatic heterocycles. The highest BCUT2D eigenvalue weighted by Gasteiger charge is 2.65. The van der Waals surface area contributed by atoms with Gasteiger partial charge in [-0.2, -0.15) is 0 Å². The van der Waals surface area contributed by atoms with Gasteiger partial charge in [0, 0.05) is 56.2 Å². The molecule has 1 heterocycles. The van der Waals surface area contributed by atoms with Crippen LogP contribution in [0.1, 0.15) is 106 Å². The van der Waals surface area contributed by atoms with Crippen molar-refractivity contribution < 1.29 is 39.0 Å². The van der Waals surface area contributed by atoms with Crippen LogP contribution in [-0.4, -0.2) is 69.9 Å². The summed E-state index contributed by atoms with van der Waals surface area (Å²) in [7, 11) is 0. The summed E-state index contributed by atoms with van der Waals surface area (Å²) in [6.45, 7) is 9.02. The first-order chi connectivity index (χ1) is 33.3. The molecule has 1 aliphatic heterocycles. The number of rotatable bonds is 24. The number of ether oxygens (including phenoxy) is 3. The van der Waals surface area contributed by atoms with Crippen molar-refractivity contribution >= 4 is 28.1 Å². The molecular formula is C56H67N3O9. The van der Waals surface area contributed by atoms with Crippen LogP contribution < -0.4 is 9.47 Å². The van der Waals surface area contributed by atoms with Crippen LogP contribution in [0, 0.1) is 33.8 Å². The van der Waals surface area contributed by atoms with Crippen LogP contribution in [0.2, 0.25) is 0 Å². The quantitative estimate of drug-likeness (QED) is 0.0303. The molecule has 6 atom stereocenters. The smallest absolute Gasteiger partial charge is 0.269 e. The van der Waals surface area contributed by atoms with E-state index in [0.717, 1.165) is 78.0 Å². The molecule has 3 aliphatic carbocycles. The number of nitro groups is 1. The number of hydrogen-bond donors (Lipinski definition) is 2. The van der Waals surface area contributed by atoms with Crippen LogP contribution in [0.5, 0.6) is 11.5 Å². The Morgan fingerprint density at radius 2 is 1.66 bits per heavy atom. The number of oxime groups is 1. The van der Waals surface area contributed by atoms with E-state index in [1.54, 1.807) is 24.3 Å². The van der Waals surface area contributed by atoms with Crippen molar-refractivity contribution in [2.45, 2.75) is 114 Å². The van der Waals surface area contributed by atoms with Gasteiger partial charge in [-0.05, 0) is 108 Å².